The van der Waals surface area contributed by atoms with Crippen molar-refractivity contribution >= 4 is 41.2 Å². The van der Waals surface area contributed by atoms with Crippen LogP contribution < -0.4 is 5.32 Å². The molecule has 5 rings (SSSR count). The molecule has 0 unspecified atom stereocenters. The standard InChI is InChI=1S/C24H23ClFN4O2P/c1-33(31)11-9-30(10-12-33)14-17-6-8-22(32-17)16-5-7-20-18(13-16)24(28-15-27-20)29-21-4-2-3-19(25)23(21)26/h2-8,13,15H,9-12,14H2,1H3,(H,27,28,29). The summed E-state index contributed by atoms with van der Waals surface area (Å²) in [5, 5.41) is 3.81. The van der Waals surface area contributed by atoms with Gasteiger partial charge < -0.3 is 14.3 Å². The van der Waals surface area contributed by atoms with Gasteiger partial charge in [-0.2, -0.15) is 0 Å². The zero-order valence-electron chi connectivity index (χ0n) is 18.1. The third-order valence-electron chi connectivity index (χ3n) is 5.94. The molecule has 0 bridgehead atoms. The number of aromatic nitrogens is 2. The Bertz CT molecular complexity index is 1360. The highest BCUT2D eigenvalue weighted by atomic mass is 35.5. The van der Waals surface area contributed by atoms with Crippen LogP contribution >= 0.6 is 18.7 Å². The van der Waals surface area contributed by atoms with E-state index in [0.717, 1.165) is 53.4 Å². The Morgan fingerprint density at radius 3 is 2.79 bits per heavy atom. The zero-order valence-corrected chi connectivity index (χ0v) is 19.7. The summed E-state index contributed by atoms with van der Waals surface area (Å²) in [5.74, 6) is 1.54. The molecule has 1 aliphatic heterocycles. The highest BCUT2D eigenvalue weighted by Gasteiger charge is 2.24. The van der Waals surface area contributed by atoms with Gasteiger partial charge in [-0.15, -0.1) is 0 Å². The second-order valence-electron chi connectivity index (χ2n) is 8.47. The maximum absolute atomic E-state index is 14.4. The first-order valence-electron chi connectivity index (χ1n) is 10.7. The SMILES string of the molecule is CP1(=O)CCN(Cc2ccc(-c3ccc4ncnc(Nc5cccc(Cl)c5F)c4c3)o2)CC1. The molecule has 0 radical (unpaired) electrons. The summed E-state index contributed by atoms with van der Waals surface area (Å²) in [6, 6.07) is 14.5. The van der Waals surface area contributed by atoms with E-state index in [1.807, 2.05) is 37.0 Å². The first-order valence-corrected chi connectivity index (χ1v) is 13.6. The Morgan fingerprint density at radius 2 is 1.97 bits per heavy atom. The predicted molar refractivity (Wildman–Crippen MR) is 130 cm³/mol. The molecular weight excluding hydrogens is 462 g/mol. The Morgan fingerprint density at radius 1 is 1.15 bits per heavy atom. The van der Waals surface area contributed by atoms with Gasteiger partial charge in [0, 0.05) is 36.4 Å². The van der Waals surface area contributed by atoms with Crippen LogP contribution in [0.4, 0.5) is 15.9 Å². The van der Waals surface area contributed by atoms with E-state index < -0.39 is 13.0 Å². The number of hydrogen-bond donors (Lipinski definition) is 1. The Kier molecular flexibility index (Phi) is 5.95. The van der Waals surface area contributed by atoms with E-state index in [9.17, 15) is 8.96 Å². The topological polar surface area (TPSA) is 71.3 Å². The number of fused-ring (bicyclic) bond motifs is 1. The molecule has 6 nitrogen and oxygen atoms in total. The van der Waals surface area contributed by atoms with Crippen molar-refractivity contribution in [1.29, 1.82) is 0 Å². The van der Waals surface area contributed by atoms with Crippen molar-refractivity contribution in [2.45, 2.75) is 6.54 Å². The molecule has 1 N–H and O–H groups in total. The lowest BCUT2D eigenvalue weighted by molar-refractivity contribution is 0.263. The zero-order chi connectivity index (χ0) is 23.0. The van der Waals surface area contributed by atoms with Gasteiger partial charge in [-0.3, -0.25) is 4.90 Å². The minimum Gasteiger partial charge on any atom is -0.460 e. The van der Waals surface area contributed by atoms with Gasteiger partial charge in [-0.25, -0.2) is 14.4 Å². The summed E-state index contributed by atoms with van der Waals surface area (Å²) in [4.78, 5) is 10.9. The molecule has 0 saturated carbocycles. The lowest BCUT2D eigenvalue weighted by Gasteiger charge is -2.29. The minimum atomic E-state index is -1.95. The van der Waals surface area contributed by atoms with Gasteiger partial charge >= 0.3 is 0 Å². The van der Waals surface area contributed by atoms with Crippen LogP contribution in [0, 0.1) is 5.82 Å². The van der Waals surface area contributed by atoms with Crippen LogP contribution in [0.2, 0.25) is 5.02 Å². The minimum absolute atomic E-state index is 0.0395. The first-order chi connectivity index (χ1) is 15.9. The summed E-state index contributed by atoms with van der Waals surface area (Å²) in [6.07, 6.45) is 2.95. The molecule has 0 atom stereocenters. The van der Waals surface area contributed by atoms with E-state index in [1.54, 1.807) is 12.1 Å². The van der Waals surface area contributed by atoms with Crippen molar-refractivity contribution in [3.63, 3.8) is 0 Å². The number of furan rings is 1. The number of hydrogen-bond acceptors (Lipinski definition) is 6. The summed E-state index contributed by atoms with van der Waals surface area (Å²) in [6.45, 7) is 4.23. The van der Waals surface area contributed by atoms with Gasteiger partial charge in [0.2, 0.25) is 0 Å². The molecule has 3 heterocycles. The normalized spacial score (nSPS) is 16.2. The van der Waals surface area contributed by atoms with E-state index in [2.05, 4.69) is 20.2 Å². The molecule has 0 spiro atoms. The Labute approximate surface area is 196 Å². The summed E-state index contributed by atoms with van der Waals surface area (Å²) >= 11 is 5.91. The third kappa shape index (κ3) is 4.81. The van der Waals surface area contributed by atoms with E-state index in [4.69, 9.17) is 16.0 Å². The molecule has 2 aromatic carbocycles. The number of nitrogens with one attached hydrogen (secondary N) is 1. The highest BCUT2D eigenvalue weighted by molar-refractivity contribution is 7.63. The molecule has 9 heteroatoms. The van der Waals surface area contributed by atoms with Crippen molar-refractivity contribution < 1.29 is 13.4 Å². The van der Waals surface area contributed by atoms with Gasteiger partial charge in [-0.1, -0.05) is 17.7 Å². The van der Waals surface area contributed by atoms with Crippen molar-refractivity contribution in [1.82, 2.24) is 14.9 Å². The number of halogens is 2. The van der Waals surface area contributed by atoms with E-state index >= 15 is 0 Å². The van der Waals surface area contributed by atoms with Crippen LogP contribution in [0.15, 0.2) is 59.3 Å². The second-order valence-corrected chi connectivity index (χ2v) is 12.4. The van der Waals surface area contributed by atoms with Crippen molar-refractivity contribution in [2.24, 2.45) is 0 Å². The smallest absolute Gasteiger partial charge is 0.165 e. The number of anilines is 2. The van der Waals surface area contributed by atoms with Crippen LogP contribution in [0.1, 0.15) is 5.76 Å². The van der Waals surface area contributed by atoms with E-state index in [-0.39, 0.29) is 10.7 Å². The Hall–Kier alpha value is -2.73. The van der Waals surface area contributed by atoms with Gasteiger partial charge in [0.1, 0.15) is 23.7 Å². The van der Waals surface area contributed by atoms with Crippen LogP contribution in [0.5, 0.6) is 0 Å². The van der Waals surface area contributed by atoms with Crippen LogP contribution in [0.3, 0.4) is 0 Å². The first kappa shape index (κ1) is 22.1. The second kappa shape index (κ2) is 8.90. The van der Waals surface area contributed by atoms with E-state index in [1.165, 1.54) is 12.4 Å². The number of benzene rings is 2. The van der Waals surface area contributed by atoms with E-state index in [0.29, 0.717) is 12.4 Å². The van der Waals surface area contributed by atoms with Crippen molar-refractivity contribution in [3.8, 4) is 11.3 Å². The summed E-state index contributed by atoms with van der Waals surface area (Å²) < 4.78 is 32.7. The monoisotopic (exact) mass is 484 g/mol. The molecule has 4 aromatic rings. The quantitative estimate of drug-likeness (QED) is 0.338. The fourth-order valence-electron chi connectivity index (χ4n) is 3.96. The molecule has 1 fully saturated rings. The van der Waals surface area contributed by atoms with Crippen LogP contribution in [0.25, 0.3) is 22.2 Å². The summed E-state index contributed by atoms with van der Waals surface area (Å²) in [7, 11) is -1.95. The molecule has 1 saturated heterocycles. The number of rotatable bonds is 5. The maximum Gasteiger partial charge on any atom is 0.165 e. The Balaban J connectivity index is 1.40. The molecule has 0 aliphatic carbocycles. The lowest BCUT2D eigenvalue weighted by Crippen LogP contribution is -2.33. The third-order valence-corrected chi connectivity index (χ3v) is 8.53. The van der Waals surface area contributed by atoms with Crippen molar-refractivity contribution in [3.05, 3.63) is 71.5 Å². The molecule has 33 heavy (non-hydrogen) atoms. The largest absolute Gasteiger partial charge is 0.460 e. The molecule has 2 aromatic heterocycles. The van der Waals surface area contributed by atoms with Gasteiger partial charge in [0.25, 0.3) is 0 Å². The fourth-order valence-corrected chi connectivity index (χ4v) is 5.77. The fraction of sp³-hybridized carbons (Fsp3) is 0.250. The molecule has 1 aliphatic rings. The molecule has 170 valence electrons. The molecular formula is C24H23ClFN4O2P. The predicted octanol–water partition coefficient (Wildman–Crippen LogP) is 6.23. The van der Waals surface area contributed by atoms with Gasteiger partial charge in [0.15, 0.2) is 5.82 Å². The van der Waals surface area contributed by atoms with Crippen molar-refractivity contribution in [2.75, 3.05) is 37.4 Å². The average Bonchev–Trinajstić information content (AvgIpc) is 3.27. The van der Waals surface area contributed by atoms with Gasteiger partial charge in [0.05, 0.1) is 29.9 Å². The van der Waals surface area contributed by atoms with Gasteiger partial charge in [-0.05, 0) is 49.1 Å². The number of nitrogens with zero attached hydrogens (tertiary/aromatic N) is 3. The molecule has 0 amide bonds. The average molecular weight is 485 g/mol. The maximum atomic E-state index is 14.4. The highest BCUT2D eigenvalue weighted by Crippen LogP contribution is 2.43. The summed E-state index contributed by atoms with van der Waals surface area (Å²) in [5.41, 5.74) is 1.84. The van der Waals surface area contributed by atoms with Crippen LogP contribution in [-0.2, 0) is 11.1 Å². The van der Waals surface area contributed by atoms with Crippen LogP contribution in [-0.4, -0.2) is 46.9 Å². The lowest BCUT2D eigenvalue weighted by atomic mass is 10.1.